The van der Waals surface area contributed by atoms with E-state index in [1.165, 1.54) is 12.1 Å². The lowest BCUT2D eigenvalue weighted by molar-refractivity contribution is -0.121. The Balaban J connectivity index is 3.00. The van der Waals surface area contributed by atoms with Crippen LogP contribution in [0.3, 0.4) is 0 Å². The maximum absolute atomic E-state index is 12.1. The number of phenols is 1. The predicted octanol–water partition coefficient (Wildman–Crippen LogP) is -0.887. The fraction of sp³-hybridized carbons (Fsp3) is 0.250. The third-order valence-corrected chi connectivity index (χ3v) is 2.44. The van der Waals surface area contributed by atoms with E-state index >= 15 is 0 Å². The van der Waals surface area contributed by atoms with Gasteiger partial charge in [0.1, 0.15) is 18.8 Å². The van der Waals surface area contributed by atoms with E-state index in [0.29, 0.717) is 5.56 Å². The third kappa shape index (κ3) is 3.98. The molecule has 7 nitrogen and oxygen atoms in total. The molecule has 1 rings (SSSR count). The first kappa shape index (κ1) is 14.5. The van der Waals surface area contributed by atoms with Crippen LogP contribution in [0.4, 0.5) is 0 Å². The Kier molecular flexibility index (Phi) is 4.46. The molecule has 0 fully saturated rings. The van der Waals surface area contributed by atoms with Crippen molar-refractivity contribution in [3.05, 3.63) is 29.3 Å². The van der Waals surface area contributed by atoms with Crippen molar-refractivity contribution in [2.24, 2.45) is 11.5 Å². The van der Waals surface area contributed by atoms with Crippen LogP contribution in [-0.4, -0.2) is 40.8 Å². The molecule has 0 aliphatic rings. The van der Waals surface area contributed by atoms with Crippen molar-refractivity contribution in [2.45, 2.75) is 6.92 Å². The molecule has 0 aliphatic heterocycles. The summed E-state index contributed by atoms with van der Waals surface area (Å²) < 4.78 is 0. The highest BCUT2D eigenvalue weighted by Gasteiger charge is 2.20. The molecular weight excluding hydrogens is 250 g/mol. The van der Waals surface area contributed by atoms with Gasteiger partial charge in [0.05, 0.1) is 0 Å². The molecule has 0 aliphatic carbocycles. The molecule has 1 aromatic carbocycles. The monoisotopic (exact) mass is 265 g/mol. The largest absolute Gasteiger partial charge is 0.508 e. The number of amides is 3. The molecule has 19 heavy (non-hydrogen) atoms. The normalized spacial score (nSPS) is 9.95. The SMILES string of the molecule is Cc1ccc(C(=O)N(CC(N)=O)CC(N)=O)cc1O. The molecule has 0 aromatic heterocycles. The van der Waals surface area contributed by atoms with Crippen molar-refractivity contribution in [3.63, 3.8) is 0 Å². The minimum Gasteiger partial charge on any atom is -0.508 e. The number of benzene rings is 1. The Labute approximate surface area is 109 Å². The van der Waals surface area contributed by atoms with E-state index in [1.807, 2.05) is 0 Å². The summed E-state index contributed by atoms with van der Waals surface area (Å²) in [5.74, 6) is -2.17. The summed E-state index contributed by atoms with van der Waals surface area (Å²) in [4.78, 5) is 34.8. The molecule has 102 valence electrons. The Morgan fingerprint density at radius 2 is 1.68 bits per heavy atom. The van der Waals surface area contributed by atoms with Gasteiger partial charge in [0, 0.05) is 5.56 Å². The average Bonchev–Trinajstić information content (AvgIpc) is 2.29. The van der Waals surface area contributed by atoms with Crippen LogP contribution in [-0.2, 0) is 9.59 Å². The van der Waals surface area contributed by atoms with Crippen LogP contribution in [0.15, 0.2) is 18.2 Å². The summed E-state index contributed by atoms with van der Waals surface area (Å²) in [6, 6.07) is 4.29. The highest BCUT2D eigenvalue weighted by molar-refractivity contribution is 5.98. The molecule has 5 N–H and O–H groups in total. The van der Waals surface area contributed by atoms with Crippen LogP contribution in [0.5, 0.6) is 5.75 Å². The number of hydrogen-bond acceptors (Lipinski definition) is 4. The summed E-state index contributed by atoms with van der Waals surface area (Å²) in [6.07, 6.45) is 0. The molecule has 3 amide bonds. The number of aryl methyl sites for hydroxylation is 1. The van der Waals surface area contributed by atoms with Gasteiger partial charge in [0.25, 0.3) is 5.91 Å². The first-order valence-corrected chi connectivity index (χ1v) is 5.46. The second kappa shape index (κ2) is 5.85. The van der Waals surface area contributed by atoms with Crippen molar-refractivity contribution < 1.29 is 19.5 Å². The summed E-state index contributed by atoms with van der Waals surface area (Å²) in [6.45, 7) is 0.834. The number of nitrogens with zero attached hydrogens (tertiary/aromatic N) is 1. The maximum Gasteiger partial charge on any atom is 0.254 e. The van der Waals surface area contributed by atoms with Crippen LogP contribution in [0.1, 0.15) is 15.9 Å². The number of phenolic OH excluding ortho intramolecular Hbond substituents is 1. The highest BCUT2D eigenvalue weighted by atomic mass is 16.3. The molecule has 0 spiro atoms. The zero-order valence-corrected chi connectivity index (χ0v) is 10.4. The Morgan fingerprint density at radius 3 is 2.11 bits per heavy atom. The number of carbonyl (C=O) groups excluding carboxylic acids is 3. The molecular formula is C12H15N3O4. The van der Waals surface area contributed by atoms with Gasteiger partial charge >= 0.3 is 0 Å². The van der Waals surface area contributed by atoms with E-state index in [-0.39, 0.29) is 11.3 Å². The van der Waals surface area contributed by atoms with E-state index in [0.717, 1.165) is 4.90 Å². The molecule has 0 saturated heterocycles. The van der Waals surface area contributed by atoms with Crippen molar-refractivity contribution in [1.29, 1.82) is 0 Å². The molecule has 0 bridgehead atoms. The standard InChI is InChI=1S/C12H15N3O4/c1-7-2-3-8(4-9(7)16)12(19)15(5-10(13)17)6-11(14)18/h2-4,16H,5-6H2,1H3,(H2,13,17)(H2,14,18). The Hall–Kier alpha value is -2.57. The lowest BCUT2D eigenvalue weighted by Crippen LogP contribution is -2.43. The van der Waals surface area contributed by atoms with Gasteiger partial charge in [-0.3, -0.25) is 14.4 Å². The van der Waals surface area contributed by atoms with Crippen LogP contribution in [0.2, 0.25) is 0 Å². The summed E-state index contributed by atoms with van der Waals surface area (Å²) in [5.41, 5.74) is 10.8. The van der Waals surface area contributed by atoms with Crippen molar-refractivity contribution in [2.75, 3.05) is 13.1 Å². The van der Waals surface area contributed by atoms with Crippen LogP contribution < -0.4 is 11.5 Å². The lowest BCUT2D eigenvalue weighted by Gasteiger charge is -2.19. The van der Waals surface area contributed by atoms with Gasteiger partial charge in [-0.1, -0.05) is 6.07 Å². The molecule has 0 atom stereocenters. The van der Waals surface area contributed by atoms with Crippen molar-refractivity contribution in [3.8, 4) is 5.75 Å². The number of nitrogens with two attached hydrogens (primary N) is 2. The minimum absolute atomic E-state index is 0.0519. The number of rotatable bonds is 5. The average molecular weight is 265 g/mol. The maximum atomic E-state index is 12.1. The summed E-state index contributed by atoms with van der Waals surface area (Å²) in [7, 11) is 0. The third-order valence-electron chi connectivity index (χ3n) is 2.44. The number of primary amides is 2. The van der Waals surface area contributed by atoms with E-state index in [9.17, 15) is 19.5 Å². The zero-order valence-electron chi connectivity index (χ0n) is 10.4. The first-order chi connectivity index (χ1) is 8.81. The zero-order chi connectivity index (χ0) is 14.6. The smallest absolute Gasteiger partial charge is 0.254 e. The lowest BCUT2D eigenvalue weighted by atomic mass is 10.1. The Bertz CT molecular complexity index is 512. The van der Waals surface area contributed by atoms with Crippen LogP contribution in [0.25, 0.3) is 0 Å². The van der Waals surface area contributed by atoms with E-state index < -0.39 is 30.8 Å². The molecule has 0 heterocycles. The second-order valence-corrected chi connectivity index (χ2v) is 4.10. The second-order valence-electron chi connectivity index (χ2n) is 4.10. The number of aromatic hydroxyl groups is 1. The topological polar surface area (TPSA) is 127 Å². The van der Waals surface area contributed by atoms with Crippen molar-refractivity contribution in [1.82, 2.24) is 4.90 Å². The van der Waals surface area contributed by atoms with E-state index in [2.05, 4.69) is 0 Å². The Morgan fingerprint density at radius 1 is 1.16 bits per heavy atom. The van der Waals surface area contributed by atoms with Crippen LogP contribution >= 0.6 is 0 Å². The van der Waals surface area contributed by atoms with Gasteiger partial charge in [-0.15, -0.1) is 0 Å². The summed E-state index contributed by atoms with van der Waals surface area (Å²) >= 11 is 0. The molecule has 7 heteroatoms. The molecule has 1 aromatic rings. The fourth-order valence-electron chi connectivity index (χ4n) is 1.50. The van der Waals surface area contributed by atoms with Crippen LogP contribution in [0, 0.1) is 6.92 Å². The first-order valence-electron chi connectivity index (χ1n) is 5.46. The van der Waals surface area contributed by atoms with E-state index in [1.54, 1.807) is 13.0 Å². The molecule has 0 saturated carbocycles. The quantitative estimate of drug-likeness (QED) is 0.638. The molecule has 0 unspecified atom stereocenters. The van der Waals surface area contributed by atoms with Gasteiger partial charge in [0.15, 0.2) is 0 Å². The fourth-order valence-corrected chi connectivity index (χ4v) is 1.50. The molecule has 0 radical (unpaired) electrons. The van der Waals surface area contributed by atoms with Gasteiger partial charge in [-0.05, 0) is 24.6 Å². The predicted molar refractivity (Wildman–Crippen MR) is 67.1 cm³/mol. The van der Waals surface area contributed by atoms with Gasteiger partial charge in [-0.25, -0.2) is 0 Å². The van der Waals surface area contributed by atoms with Crippen molar-refractivity contribution >= 4 is 17.7 Å². The minimum atomic E-state index is -0.758. The summed E-state index contributed by atoms with van der Waals surface area (Å²) in [5, 5.41) is 9.54. The van der Waals surface area contributed by atoms with Gasteiger partial charge < -0.3 is 21.5 Å². The highest BCUT2D eigenvalue weighted by Crippen LogP contribution is 2.18. The number of hydrogen-bond donors (Lipinski definition) is 3. The van der Waals surface area contributed by atoms with Gasteiger partial charge in [-0.2, -0.15) is 0 Å². The van der Waals surface area contributed by atoms with Gasteiger partial charge in [0.2, 0.25) is 11.8 Å². The van der Waals surface area contributed by atoms with E-state index in [4.69, 9.17) is 11.5 Å². The number of carbonyl (C=O) groups is 3.